The van der Waals surface area contributed by atoms with Crippen molar-refractivity contribution >= 4 is 21.6 Å². The molecule has 6 nitrogen and oxygen atoms in total. The lowest BCUT2D eigenvalue weighted by molar-refractivity contribution is 0.102. The summed E-state index contributed by atoms with van der Waals surface area (Å²) in [5.74, 6) is -1.25. The average Bonchev–Trinajstić information content (AvgIpc) is 2.38. The molecule has 0 spiro atoms. The largest absolute Gasteiger partial charge is 0.322 e. The summed E-state index contributed by atoms with van der Waals surface area (Å²) in [5, 5.41) is 7.42. The number of carbonyl (C=O) groups is 1. The molecule has 0 saturated heterocycles. The summed E-state index contributed by atoms with van der Waals surface area (Å²) in [6.07, 6.45) is 2.17. The molecule has 3 N–H and O–H groups in total. The number of anilines is 1. The quantitative estimate of drug-likeness (QED) is 0.885. The van der Waals surface area contributed by atoms with Gasteiger partial charge in [0, 0.05) is 11.9 Å². The Morgan fingerprint density at radius 3 is 2.65 bits per heavy atom. The second-order valence-electron chi connectivity index (χ2n) is 3.92. The number of primary sulfonamides is 1. The number of carbonyl (C=O) groups excluding carboxylic acids is 1. The van der Waals surface area contributed by atoms with E-state index in [0.717, 1.165) is 12.3 Å². The Morgan fingerprint density at radius 2 is 2.00 bits per heavy atom. The fourth-order valence-corrected chi connectivity index (χ4v) is 2.05. The molecular formula is C12H10FN3O3S. The van der Waals surface area contributed by atoms with E-state index in [9.17, 15) is 17.6 Å². The Hall–Kier alpha value is -2.32. The SMILES string of the molecule is NS(=O)(=O)c1cccc(NC(=O)c2cncc(F)c2)c1. The van der Waals surface area contributed by atoms with Gasteiger partial charge in [-0.05, 0) is 24.3 Å². The van der Waals surface area contributed by atoms with Crippen molar-refractivity contribution in [2.45, 2.75) is 4.90 Å². The number of nitrogens with one attached hydrogen (secondary N) is 1. The van der Waals surface area contributed by atoms with E-state index in [1.807, 2.05) is 0 Å². The molecule has 104 valence electrons. The molecule has 8 heteroatoms. The van der Waals surface area contributed by atoms with Gasteiger partial charge in [-0.15, -0.1) is 0 Å². The number of nitrogens with zero attached hydrogens (tertiary/aromatic N) is 1. The van der Waals surface area contributed by atoms with Gasteiger partial charge in [-0.1, -0.05) is 6.07 Å². The monoisotopic (exact) mass is 295 g/mol. The lowest BCUT2D eigenvalue weighted by atomic mass is 10.2. The molecule has 0 radical (unpaired) electrons. The van der Waals surface area contributed by atoms with Crippen molar-refractivity contribution < 1.29 is 17.6 Å². The number of amides is 1. The molecule has 2 rings (SSSR count). The van der Waals surface area contributed by atoms with Crippen LogP contribution in [0.2, 0.25) is 0 Å². The van der Waals surface area contributed by atoms with E-state index in [1.165, 1.54) is 30.5 Å². The Bertz CT molecular complexity index is 762. The van der Waals surface area contributed by atoms with Crippen LogP contribution in [0.25, 0.3) is 0 Å². The van der Waals surface area contributed by atoms with Crippen LogP contribution in [0, 0.1) is 5.82 Å². The summed E-state index contributed by atoms with van der Waals surface area (Å²) in [6.45, 7) is 0. The number of sulfonamides is 1. The van der Waals surface area contributed by atoms with E-state index in [0.29, 0.717) is 0 Å². The maximum atomic E-state index is 12.9. The zero-order valence-corrected chi connectivity index (χ0v) is 10.9. The summed E-state index contributed by atoms with van der Waals surface area (Å²) in [7, 11) is -3.86. The Kier molecular flexibility index (Phi) is 3.77. The highest BCUT2D eigenvalue weighted by molar-refractivity contribution is 7.89. The van der Waals surface area contributed by atoms with Crippen LogP contribution in [0.5, 0.6) is 0 Å². The third-order valence-corrected chi connectivity index (χ3v) is 3.30. The molecule has 1 aromatic heterocycles. The predicted octanol–water partition coefficient (Wildman–Crippen LogP) is 1.12. The number of halogens is 1. The number of aromatic nitrogens is 1. The number of pyridine rings is 1. The Labute approximate surface area is 114 Å². The highest BCUT2D eigenvalue weighted by atomic mass is 32.2. The fourth-order valence-electron chi connectivity index (χ4n) is 1.49. The molecule has 2 aromatic rings. The van der Waals surface area contributed by atoms with E-state index in [2.05, 4.69) is 10.3 Å². The maximum absolute atomic E-state index is 12.9. The van der Waals surface area contributed by atoms with Gasteiger partial charge in [-0.25, -0.2) is 17.9 Å². The van der Waals surface area contributed by atoms with Crippen LogP contribution in [0.4, 0.5) is 10.1 Å². The first-order chi connectivity index (χ1) is 9.36. The highest BCUT2D eigenvalue weighted by Gasteiger charge is 2.11. The predicted molar refractivity (Wildman–Crippen MR) is 70.0 cm³/mol. The third kappa shape index (κ3) is 3.37. The number of hydrogen-bond acceptors (Lipinski definition) is 4. The molecule has 0 bridgehead atoms. The van der Waals surface area contributed by atoms with Crippen LogP contribution < -0.4 is 10.5 Å². The summed E-state index contributed by atoms with van der Waals surface area (Å²) in [6, 6.07) is 6.44. The van der Waals surface area contributed by atoms with E-state index in [1.54, 1.807) is 0 Å². The molecule has 0 aliphatic heterocycles. The smallest absolute Gasteiger partial charge is 0.257 e. The van der Waals surface area contributed by atoms with Crippen LogP contribution in [0.3, 0.4) is 0 Å². The second kappa shape index (κ2) is 5.35. The van der Waals surface area contributed by atoms with Crippen molar-refractivity contribution in [1.82, 2.24) is 4.98 Å². The van der Waals surface area contributed by atoms with Gasteiger partial charge < -0.3 is 5.32 Å². The first kappa shape index (κ1) is 14.1. The van der Waals surface area contributed by atoms with E-state index in [4.69, 9.17) is 5.14 Å². The Morgan fingerprint density at radius 1 is 1.25 bits per heavy atom. The molecular weight excluding hydrogens is 285 g/mol. The number of nitrogens with two attached hydrogens (primary N) is 1. The molecule has 0 saturated carbocycles. The maximum Gasteiger partial charge on any atom is 0.257 e. The van der Waals surface area contributed by atoms with Gasteiger partial charge in [0.15, 0.2) is 0 Å². The number of benzene rings is 1. The van der Waals surface area contributed by atoms with Gasteiger partial charge in [0.25, 0.3) is 5.91 Å². The van der Waals surface area contributed by atoms with Gasteiger partial charge in [-0.3, -0.25) is 9.78 Å². The van der Waals surface area contributed by atoms with Gasteiger partial charge in [0.2, 0.25) is 10.0 Å². The molecule has 1 amide bonds. The first-order valence-corrected chi connectivity index (χ1v) is 6.96. The Balaban J connectivity index is 2.25. The van der Waals surface area contributed by atoms with Crippen molar-refractivity contribution in [3.63, 3.8) is 0 Å². The highest BCUT2D eigenvalue weighted by Crippen LogP contribution is 2.15. The third-order valence-electron chi connectivity index (χ3n) is 2.39. The molecule has 1 aromatic carbocycles. The minimum absolute atomic E-state index is 0.0195. The summed E-state index contributed by atoms with van der Waals surface area (Å²) in [4.78, 5) is 15.2. The topological polar surface area (TPSA) is 102 Å². The van der Waals surface area contributed by atoms with Crippen molar-refractivity contribution in [1.29, 1.82) is 0 Å². The van der Waals surface area contributed by atoms with Crippen LogP contribution in [0.15, 0.2) is 47.6 Å². The number of hydrogen-bond donors (Lipinski definition) is 2. The molecule has 0 aliphatic rings. The van der Waals surface area contributed by atoms with Crippen LogP contribution in [-0.2, 0) is 10.0 Å². The lowest BCUT2D eigenvalue weighted by Gasteiger charge is -2.06. The number of rotatable bonds is 3. The van der Waals surface area contributed by atoms with Crippen molar-refractivity contribution in [2.24, 2.45) is 5.14 Å². The van der Waals surface area contributed by atoms with Crippen molar-refractivity contribution in [3.8, 4) is 0 Å². The van der Waals surface area contributed by atoms with Gasteiger partial charge >= 0.3 is 0 Å². The van der Waals surface area contributed by atoms with Crippen LogP contribution in [0.1, 0.15) is 10.4 Å². The second-order valence-corrected chi connectivity index (χ2v) is 5.48. The van der Waals surface area contributed by atoms with Gasteiger partial charge in [0.1, 0.15) is 5.82 Å². The molecule has 20 heavy (non-hydrogen) atoms. The van der Waals surface area contributed by atoms with E-state index < -0.39 is 21.7 Å². The lowest BCUT2D eigenvalue weighted by Crippen LogP contribution is -2.15. The molecule has 0 fully saturated rings. The molecule has 0 atom stereocenters. The summed E-state index contributed by atoms with van der Waals surface area (Å²) < 4.78 is 35.3. The zero-order valence-electron chi connectivity index (χ0n) is 10.1. The zero-order chi connectivity index (χ0) is 14.8. The van der Waals surface area contributed by atoms with E-state index >= 15 is 0 Å². The summed E-state index contributed by atoms with van der Waals surface area (Å²) >= 11 is 0. The fraction of sp³-hybridized carbons (Fsp3) is 0. The first-order valence-electron chi connectivity index (χ1n) is 5.41. The standard InChI is InChI=1S/C12H10FN3O3S/c13-9-4-8(6-15-7-9)12(17)16-10-2-1-3-11(5-10)20(14,18)19/h1-7H,(H,16,17)(H2,14,18,19). The van der Waals surface area contributed by atoms with Gasteiger partial charge in [-0.2, -0.15) is 0 Å². The molecule has 0 aliphatic carbocycles. The van der Waals surface area contributed by atoms with Crippen molar-refractivity contribution in [2.75, 3.05) is 5.32 Å². The normalized spacial score (nSPS) is 11.1. The average molecular weight is 295 g/mol. The molecule has 1 heterocycles. The van der Waals surface area contributed by atoms with Gasteiger partial charge in [0.05, 0.1) is 16.7 Å². The van der Waals surface area contributed by atoms with Crippen molar-refractivity contribution in [3.05, 3.63) is 54.1 Å². The van der Waals surface area contributed by atoms with E-state index in [-0.39, 0.29) is 16.1 Å². The minimum atomic E-state index is -3.86. The van der Waals surface area contributed by atoms with Crippen LogP contribution in [-0.4, -0.2) is 19.3 Å². The molecule has 0 unspecified atom stereocenters. The van der Waals surface area contributed by atoms with Crippen LogP contribution >= 0.6 is 0 Å². The summed E-state index contributed by atoms with van der Waals surface area (Å²) in [5.41, 5.74) is 0.247. The minimum Gasteiger partial charge on any atom is -0.322 e.